The minimum atomic E-state index is -1.45. The SMILES string of the molecule is [CH2]C([O])C(=O)c1ccc(OC)cc1. The van der Waals surface area contributed by atoms with E-state index in [1.165, 1.54) is 7.11 Å². The molecule has 68 valence electrons. The third-order valence-electron chi connectivity index (χ3n) is 1.67. The van der Waals surface area contributed by atoms with Gasteiger partial charge in [0.25, 0.3) is 0 Å². The summed E-state index contributed by atoms with van der Waals surface area (Å²) in [6.45, 7) is 3.12. The van der Waals surface area contributed by atoms with Crippen LogP contribution in [0.3, 0.4) is 0 Å². The number of hydrogen-bond acceptors (Lipinski definition) is 2. The molecule has 0 heterocycles. The Morgan fingerprint density at radius 3 is 2.31 bits per heavy atom. The zero-order valence-electron chi connectivity index (χ0n) is 7.32. The number of Topliss-reactive ketones (excluding diaryl/α,β-unsaturated/α-hetero) is 1. The molecule has 13 heavy (non-hydrogen) atoms. The van der Waals surface area contributed by atoms with Crippen molar-refractivity contribution in [3.63, 3.8) is 0 Å². The molecule has 0 aromatic heterocycles. The molecule has 0 N–H and O–H groups in total. The van der Waals surface area contributed by atoms with Gasteiger partial charge >= 0.3 is 0 Å². The summed E-state index contributed by atoms with van der Waals surface area (Å²) in [5, 5.41) is 10.7. The highest BCUT2D eigenvalue weighted by molar-refractivity contribution is 5.99. The van der Waals surface area contributed by atoms with Crippen molar-refractivity contribution in [2.45, 2.75) is 6.10 Å². The third-order valence-corrected chi connectivity index (χ3v) is 1.67. The molecule has 0 saturated heterocycles. The van der Waals surface area contributed by atoms with Gasteiger partial charge < -0.3 is 4.74 Å². The first-order chi connectivity index (χ1) is 6.15. The number of hydrogen-bond donors (Lipinski definition) is 0. The van der Waals surface area contributed by atoms with Crippen LogP contribution in [0.4, 0.5) is 0 Å². The molecule has 0 fully saturated rings. The zero-order chi connectivity index (χ0) is 9.84. The van der Waals surface area contributed by atoms with Crippen LogP contribution >= 0.6 is 0 Å². The summed E-state index contributed by atoms with van der Waals surface area (Å²) >= 11 is 0. The van der Waals surface area contributed by atoms with Gasteiger partial charge in [0.05, 0.1) is 7.11 Å². The van der Waals surface area contributed by atoms with Crippen LogP contribution in [0.1, 0.15) is 10.4 Å². The molecule has 0 aliphatic heterocycles. The minimum absolute atomic E-state index is 0.371. The second-order valence-corrected chi connectivity index (χ2v) is 2.58. The summed E-state index contributed by atoms with van der Waals surface area (Å²) in [5.74, 6) is 0.158. The predicted molar refractivity (Wildman–Crippen MR) is 47.2 cm³/mol. The predicted octanol–water partition coefficient (Wildman–Crippen LogP) is 1.51. The standard InChI is InChI=1S/C10H10O3/c1-7(11)10(12)8-3-5-9(13-2)6-4-8/h3-7H,1H2,2H3. The average molecular weight is 178 g/mol. The van der Waals surface area contributed by atoms with Gasteiger partial charge in [-0.2, -0.15) is 0 Å². The van der Waals surface area contributed by atoms with E-state index in [2.05, 4.69) is 6.92 Å². The summed E-state index contributed by atoms with van der Waals surface area (Å²) in [7, 11) is 1.54. The highest BCUT2D eigenvalue weighted by Crippen LogP contribution is 2.12. The Morgan fingerprint density at radius 2 is 1.92 bits per heavy atom. The zero-order valence-corrected chi connectivity index (χ0v) is 7.32. The highest BCUT2D eigenvalue weighted by Gasteiger charge is 2.12. The molecular weight excluding hydrogens is 168 g/mol. The molecule has 0 saturated carbocycles. The second kappa shape index (κ2) is 4.05. The lowest BCUT2D eigenvalue weighted by Gasteiger charge is -2.02. The average Bonchev–Trinajstić information content (AvgIpc) is 2.17. The Morgan fingerprint density at radius 1 is 1.38 bits per heavy atom. The summed E-state index contributed by atoms with van der Waals surface area (Å²) < 4.78 is 4.90. The van der Waals surface area contributed by atoms with E-state index in [1.807, 2.05) is 0 Å². The molecule has 0 amide bonds. The lowest BCUT2D eigenvalue weighted by atomic mass is 10.1. The van der Waals surface area contributed by atoms with Gasteiger partial charge in [-0.15, -0.1) is 0 Å². The van der Waals surface area contributed by atoms with E-state index < -0.39 is 11.9 Å². The lowest BCUT2D eigenvalue weighted by molar-refractivity contribution is 0.0673. The number of carbonyl (C=O) groups excluding carboxylic acids is 1. The monoisotopic (exact) mass is 178 g/mol. The van der Waals surface area contributed by atoms with Gasteiger partial charge in [-0.1, -0.05) is 0 Å². The van der Waals surface area contributed by atoms with Crippen molar-refractivity contribution >= 4 is 5.78 Å². The highest BCUT2D eigenvalue weighted by atomic mass is 16.5. The van der Waals surface area contributed by atoms with E-state index >= 15 is 0 Å². The van der Waals surface area contributed by atoms with Crippen LogP contribution in [-0.2, 0) is 5.11 Å². The van der Waals surface area contributed by atoms with E-state index in [4.69, 9.17) is 4.74 Å². The minimum Gasteiger partial charge on any atom is -0.497 e. The van der Waals surface area contributed by atoms with Crippen LogP contribution in [0.5, 0.6) is 5.75 Å². The number of rotatable bonds is 3. The van der Waals surface area contributed by atoms with Crippen LogP contribution in [0.25, 0.3) is 0 Å². The smallest absolute Gasteiger partial charge is 0.194 e. The van der Waals surface area contributed by atoms with E-state index in [0.717, 1.165) is 0 Å². The molecule has 0 spiro atoms. The second-order valence-electron chi connectivity index (χ2n) is 2.58. The topological polar surface area (TPSA) is 46.2 Å². The number of benzene rings is 1. The first-order valence-electron chi connectivity index (χ1n) is 3.82. The Balaban J connectivity index is 2.86. The van der Waals surface area contributed by atoms with Crippen LogP contribution in [0, 0.1) is 6.92 Å². The van der Waals surface area contributed by atoms with Crippen molar-refractivity contribution in [2.24, 2.45) is 0 Å². The Kier molecular flexibility index (Phi) is 3.03. The molecule has 1 atom stereocenters. The maximum absolute atomic E-state index is 11.1. The molecule has 1 rings (SSSR count). The van der Waals surface area contributed by atoms with Crippen LogP contribution < -0.4 is 4.74 Å². The van der Waals surface area contributed by atoms with Crippen molar-refractivity contribution in [3.8, 4) is 5.75 Å². The Hall–Kier alpha value is -1.35. The maximum Gasteiger partial charge on any atom is 0.194 e. The van der Waals surface area contributed by atoms with E-state index in [0.29, 0.717) is 11.3 Å². The van der Waals surface area contributed by atoms with Gasteiger partial charge in [-0.05, 0) is 31.2 Å². The van der Waals surface area contributed by atoms with Crippen molar-refractivity contribution < 1.29 is 14.6 Å². The number of methoxy groups -OCH3 is 1. The molecule has 1 unspecified atom stereocenters. The van der Waals surface area contributed by atoms with Gasteiger partial charge in [0.2, 0.25) is 0 Å². The van der Waals surface area contributed by atoms with Gasteiger partial charge in [0.1, 0.15) is 5.75 Å². The third kappa shape index (κ3) is 2.29. The van der Waals surface area contributed by atoms with Crippen molar-refractivity contribution in [3.05, 3.63) is 36.8 Å². The van der Waals surface area contributed by atoms with E-state index in [-0.39, 0.29) is 0 Å². The fraction of sp³-hybridized carbons (Fsp3) is 0.200. The van der Waals surface area contributed by atoms with Crippen molar-refractivity contribution in [1.29, 1.82) is 0 Å². The van der Waals surface area contributed by atoms with E-state index in [1.54, 1.807) is 24.3 Å². The van der Waals surface area contributed by atoms with Crippen LogP contribution in [-0.4, -0.2) is 19.0 Å². The molecule has 0 aliphatic carbocycles. The number of carbonyl (C=O) groups is 1. The lowest BCUT2D eigenvalue weighted by Crippen LogP contribution is -2.14. The summed E-state index contributed by atoms with van der Waals surface area (Å²) in [6.07, 6.45) is -1.45. The molecule has 0 bridgehead atoms. The fourth-order valence-electron chi connectivity index (χ4n) is 0.941. The van der Waals surface area contributed by atoms with E-state index in [9.17, 15) is 9.90 Å². The Labute approximate surface area is 77.0 Å². The van der Waals surface area contributed by atoms with Crippen LogP contribution in [0.2, 0.25) is 0 Å². The maximum atomic E-state index is 11.1. The number of ketones is 1. The molecule has 1 aromatic rings. The molecule has 2 radical (unpaired) electrons. The van der Waals surface area contributed by atoms with Gasteiger partial charge in [-0.25, -0.2) is 5.11 Å². The van der Waals surface area contributed by atoms with Gasteiger partial charge in [0, 0.05) is 5.56 Å². The summed E-state index contributed by atoms with van der Waals surface area (Å²) in [5.41, 5.74) is 0.371. The largest absolute Gasteiger partial charge is 0.497 e. The first kappa shape index (κ1) is 9.74. The van der Waals surface area contributed by atoms with Crippen molar-refractivity contribution in [1.82, 2.24) is 0 Å². The first-order valence-corrected chi connectivity index (χ1v) is 3.82. The summed E-state index contributed by atoms with van der Waals surface area (Å²) in [4.78, 5) is 11.1. The quantitative estimate of drug-likeness (QED) is 0.658. The molecule has 3 heteroatoms. The van der Waals surface area contributed by atoms with Crippen LogP contribution in [0.15, 0.2) is 24.3 Å². The molecular formula is C10H10O3. The molecule has 1 aromatic carbocycles. The fourth-order valence-corrected chi connectivity index (χ4v) is 0.941. The molecule has 3 nitrogen and oxygen atoms in total. The number of ether oxygens (including phenoxy) is 1. The van der Waals surface area contributed by atoms with Crippen molar-refractivity contribution in [2.75, 3.05) is 7.11 Å². The van der Waals surface area contributed by atoms with Gasteiger partial charge in [0.15, 0.2) is 11.9 Å². The summed E-state index contributed by atoms with van der Waals surface area (Å²) in [6, 6.07) is 6.37. The molecule has 0 aliphatic rings. The van der Waals surface area contributed by atoms with Gasteiger partial charge in [-0.3, -0.25) is 4.79 Å². The normalized spacial score (nSPS) is 12.2. The Bertz CT molecular complexity index is 288.